The minimum Gasteiger partial charge on any atom is -0.480 e. The number of aromatic nitrogens is 2. The number of hydrogen-bond donors (Lipinski definition) is 2. The Morgan fingerprint density at radius 2 is 1.85 bits per heavy atom. The average Bonchev–Trinajstić information content (AvgIpc) is 3.11. The maximum Gasteiger partial charge on any atom is 0.325 e. The van der Waals surface area contributed by atoms with Gasteiger partial charge in [0, 0.05) is 20.0 Å². The Kier molecular flexibility index (Phi) is 8.21. The van der Waals surface area contributed by atoms with E-state index in [0.717, 1.165) is 41.4 Å². The number of rotatable bonds is 10. The van der Waals surface area contributed by atoms with E-state index in [4.69, 9.17) is 11.6 Å². The van der Waals surface area contributed by atoms with Crippen molar-refractivity contribution in [1.29, 1.82) is 0 Å². The highest BCUT2D eigenvalue weighted by Crippen LogP contribution is 2.36. The summed E-state index contributed by atoms with van der Waals surface area (Å²) >= 11 is 6.20. The van der Waals surface area contributed by atoms with Gasteiger partial charge in [0.15, 0.2) is 5.15 Å². The third-order valence-electron chi connectivity index (χ3n) is 6.61. The summed E-state index contributed by atoms with van der Waals surface area (Å²) in [7, 11) is -2.62. The molecule has 2 aromatic rings. The molecule has 0 unspecified atom stereocenters. The second kappa shape index (κ2) is 10.5. The Balaban J connectivity index is 1.86. The molecule has 8 nitrogen and oxygen atoms in total. The zero-order valence-corrected chi connectivity index (χ0v) is 20.7. The van der Waals surface area contributed by atoms with Crippen LogP contribution in [0.1, 0.15) is 69.0 Å². The van der Waals surface area contributed by atoms with Crippen molar-refractivity contribution in [2.45, 2.75) is 81.9 Å². The van der Waals surface area contributed by atoms with Gasteiger partial charge in [0.05, 0.1) is 17.2 Å². The molecule has 1 aromatic heterocycles. The van der Waals surface area contributed by atoms with Crippen molar-refractivity contribution < 1.29 is 23.4 Å². The first-order valence-corrected chi connectivity index (χ1v) is 13.1. The summed E-state index contributed by atoms with van der Waals surface area (Å²) in [6.45, 7) is 2.23. The van der Waals surface area contributed by atoms with Crippen molar-refractivity contribution in [2.24, 2.45) is 0 Å². The first kappa shape index (κ1) is 25.7. The van der Waals surface area contributed by atoms with Crippen molar-refractivity contribution in [1.82, 2.24) is 13.9 Å². The van der Waals surface area contributed by atoms with Gasteiger partial charge in [-0.25, -0.2) is 13.4 Å². The first-order chi connectivity index (χ1) is 15.7. The lowest BCUT2D eigenvalue weighted by Crippen LogP contribution is -2.56. The Morgan fingerprint density at radius 1 is 1.21 bits per heavy atom. The van der Waals surface area contributed by atoms with E-state index in [0.29, 0.717) is 37.9 Å². The van der Waals surface area contributed by atoms with E-state index >= 15 is 0 Å². The molecule has 0 amide bonds. The number of imidazole rings is 1. The molecule has 182 valence electrons. The molecule has 0 bridgehead atoms. The Bertz CT molecular complexity index is 1080. The van der Waals surface area contributed by atoms with Crippen LogP contribution in [0.2, 0.25) is 5.15 Å². The quantitative estimate of drug-likeness (QED) is 0.515. The normalized spacial score (nSPS) is 16.3. The van der Waals surface area contributed by atoms with Crippen LogP contribution in [0, 0.1) is 0 Å². The monoisotopic (exact) mass is 497 g/mol. The molecule has 10 heteroatoms. The van der Waals surface area contributed by atoms with Gasteiger partial charge >= 0.3 is 5.97 Å². The van der Waals surface area contributed by atoms with E-state index in [1.54, 1.807) is 12.1 Å². The van der Waals surface area contributed by atoms with Crippen LogP contribution in [0.4, 0.5) is 0 Å². The molecular formula is C23H32ClN3O5S. The van der Waals surface area contributed by atoms with Gasteiger partial charge in [0.2, 0.25) is 10.0 Å². The van der Waals surface area contributed by atoms with E-state index in [2.05, 4.69) is 11.9 Å². The number of nitrogens with zero attached hydrogens (tertiary/aromatic N) is 3. The number of aliphatic hydroxyl groups is 1. The summed E-state index contributed by atoms with van der Waals surface area (Å²) in [5, 5.41) is 19.9. The van der Waals surface area contributed by atoms with Gasteiger partial charge in [-0.05, 0) is 37.0 Å². The van der Waals surface area contributed by atoms with Crippen LogP contribution in [0.3, 0.4) is 0 Å². The van der Waals surface area contributed by atoms with Crippen LogP contribution >= 0.6 is 11.6 Å². The largest absolute Gasteiger partial charge is 0.480 e. The standard InChI is InChI=1S/C23H32ClN3O5S/c1-3-4-8-20-25-21(24)19(16-28)27(20)15-17-9-11-18(12-10-17)33(31,32)26(2)23(22(29)30)13-6-5-7-14-23/h9-12,28H,3-8,13-16H2,1-2H3,(H,29,30). The second-order valence-corrected chi connectivity index (χ2v) is 11.0. The van der Waals surface area contributed by atoms with Crippen LogP contribution in [-0.4, -0.2) is 51.0 Å². The summed E-state index contributed by atoms with van der Waals surface area (Å²) in [5.74, 6) is -0.318. The van der Waals surface area contributed by atoms with Crippen LogP contribution in [-0.2, 0) is 34.4 Å². The number of likely N-dealkylation sites (N-methyl/N-ethyl adjacent to an activating group) is 1. The Labute approximate surface area is 200 Å². The third-order valence-corrected chi connectivity index (χ3v) is 8.85. The van der Waals surface area contributed by atoms with E-state index in [-0.39, 0.29) is 16.7 Å². The van der Waals surface area contributed by atoms with Gasteiger partial charge in [0.25, 0.3) is 0 Å². The molecule has 0 saturated heterocycles. The predicted octanol–water partition coefficient (Wildman–Crippen LogP) is 3.83. The highest BCUT2D eigenvalue weighted by Gasteiger charge is 2.48. The number of unbranched alkanes of at least 4 members (excludes halogenated alkanes) is 1. The molecule has 1 fully saturated rings. The minimum atomic E-state index is -3.99. The Hall–Kier alpha value is -1.94. The minimum absolute atomic E-state index is 0.0530. The summed E-state index contributed by atoms with van der Waals surface area (Å²) in [6.07, 6.45) is 5.56. The van der Waals surface area contributed by atoms with E-state index in [1.807, 2.05) is 4.57 Å². The SMILES string of the molecule is CCCCc1nc(Cl)c(CO)n1Cc1ccc(S(=O)(=O)N(C)C2(C(=O)O)CCCCC2)cc1. The summed E-state index contributed by atoms with van der Waals surface area (Å²) in [5.41, 5.74) is -0.0586. The molecule has 0 atom stereocenters. The van der Waals surface area contributed by atoms with Crippen molar-refractivity contribution >= 4 is 27.6 Å². The predicted molar refractivity (Wildman–Crippen MR) is 126 cm³/mol. The van der Waals surface area contributed by atoms with E-state index < -0.39 is 21.5 Å². The lowest BCUT2D eigenvalue weighted by Gasteiger charge is -2.40. The summed E-state index contributed by atoms with van der Waals surface area (Å²) < 4.78 is 29.5. The number of aliphatic carboxylic acids is 1. The fourth-order valence-corrected chi connectivity index (χ4v) is 6.28. The molecule has 1 aliphatic rings. The molecule has 1 aliphatic carbocycles. The molecule has 3 rings (SSSR count). The fraction of sp³-hybridized carbons (Fsp3) is 0.565. The van der Waals surface area contributed by atoms with Gasteiger partial charge in [-0.15, -0.1) is 0 Å². The molecule has 2 N–H and O–H groups in total. The number of aliphatic hydroxyl groups excluding tert-OH is 1. The lowest BCUT2D eigenvalue weighted by molar-refractivity contribution is -0.149. The van der Waals surface area contributed by atoms with Crippen molar-refractivity contribution in [3.63, 3.8) is 0 Å². The number of carboxylic acid groups (broad SMARTS) is 1. The molecule has 33 heavy (non-hydrogen) atoms. The summed E-state index contributed by atoms with van der Waals surface area (Å²) in [4.78, 5) is 16.5. The van der Waals surface area contributed by atoms with Crippen molar-refractivity contribution in [3.8, 4) is 0 Å². The van der Waals surface area contributed by atoms with Gasteiger partial charge in [0.1, 0.15) is 11.4 Å². The van der Waals surface area contributed by atoms with Crippen LogP contribution in [0.5, 0.6) is 0 Å². The van der Waals surface area contributed by atoms with Gasteiger partial charge in [-0.3, -0.25) is 4.79 Å². The number of halogens is 1. The van der Waals surface area contributed by atoms with Crippen molar-refractivity contribution in [3.05, 3.63) is 46.5 Å². The van der Waals surface area contributed by atoms with Gasteiger partial charge in [-0.2, -0.15) is 4.31 Å². The summed E-state index contributed by atoms with van der Waals surface area (Å²) in [6, 6.07) is 6.41. The topological polar surface area (TPSA) is 113 Å². The second-order valence-electron chi connectivity index (χ2n) is 8.63. The number of carbonyl (C=O) groups is 1. The fourth-order valence-electron chi connectivity index (χ4n) is 4.51. The number of hydrogen-bond acceptors (Lipinski definition) is 5. The molecule has 0 radical (unpaired) electrons. The highest BCUT2D eigenvalue weighted by atomic mass is 35.5. The van der Waals surface area contributed by atoms with E-state index in [9.17, 15) is 23.4 Å². The number of carboxylic acids is 1. The van der Waals surface area contributed by atoms with Crippen molar-refractivity contribution in [2.75, 3.05) is 7.05 Å². The maximum absolute atomic E-state index is 13.3. The molecule has 1 aromatic carbocycles. The average molecular weight is 498 g/mol. The molecule has 0 aliphatic heterocycles. The molecule has 1 saturated carbocycles. The lowest BCUT2D eigenvalue weighted by atomic mass is 9.82. The molecule has 1 heterocycles. The van der Waals surface area contributed by atoms with Crippen LogP contribution < -0.4 is 0 Å². The van der Waals surface area contributed by atoms with E-state index in [1.165, 1.54) is 19.2 Å². The van der Waals surface area contributed by atoms with Gasteiger partial charge < -0.3 is 14.8 Å². The molecule has 0 spiro atoms. The zero-order chi connectivity index (χ0) is 24.2. The number of aryl methyl sites for hydroxylation is 1. The highest BCUT2D eigenvalue weighted by molar-refractivity contribution is 7.89. The number of benzene rings is 1. The first-order valence-electron chi connectivity index (χ1n) is 11.3. The van der Waals surface area contributed by atoms with Crippen LogP contribution in [0.15, 0.2) is 29.2 Å². The molecular weight excluding hydrogens is 466 g/mol. The maximum atomic E-state index is 13.3. The zero-order valence-electron chi connectivity index (χ0n) is 19.1. The Morgan fingerprint density at radius 3 is 2.39 bits per heavy atom. The van der Waals surface area contributed by atoms with Gasteiger partial charge in [-0.1, -0.05) is 56.3 Å². The van der Waals surface area contributed by atoms with Crippen LogP contribution in [0.25, 0.3) is 0 Å². The smallest absolute Gasteiger partial charge is 0.325 e. The number of sulfonamides is 1. The third kappa shape index (κ3) is 5.11.